The second-order valence-corrected chi connectivity index (χ2v) is 13.8. The maximum Gasteiger partial charge on any atom is 0.253 e. The van der Waals surface area contributed by atoms with Gasteiger partial charge in [0.15, 0.2) is 6.29 Å². The number of ether oxygens (including phenoxy) is 2. The van der Waals surface area contributed by atoms with Gasteiger partial charge in [0.25, 0.3) is 5.91 Å². The van der Waals surface area contributed by atoms with Crippen LogP contribution in [0.15, 0.2) is 140 Å². The first-order valence-corrected chi connectivity index (χ1v) is 17.9. The van der Waals surface area contributed by atoms with Crippen LogP contribution in [0.1, 0.15) is 70.5 Å². The number of benzene rings is 5. The lowest BCUT2D eigenvalue weighted by molar-refractivity contribution is -0.276. The standard InChI is InChI=1S/C45H45N3O4/c1-30-42(28-48(3)31(2)36-21-20-34-10-4-5-11-38(34)24-36)51-45(52-43(30)35-18-16-32(29-49)17-19-35)40-14-7-13-39(25-40)37-12-6-9-33(23-37)26-47-44(50)41-15-8-22-46-27-41/h4-25,27,30-31,42-43,45,49H,26,28-29H2,1-3H3,(H,47,50). The summed E-state index contributed by atoms with van der Waals surface area (Å²) in [5.41, 5.74) is 7.73. The minimum atomic E-state index is -0.588. The Morgan fingerprint density at radius 2 is 1.58 bits per heavy atom. The number of amides is 1. The molecular weight excluding hydrogens is 647 g/mol. The van der Waals surface area contributed by atoms with Crippen molar-refractivity contribution in [3.63, 3.8) is 0 Å². The third kappa shape index (κ3) is 7.98. The van der Waals surface area contributed by atoms with Gasteiger partial charge in [0.2, 0.25) is 0 Å². The maximum absolute atomic E-state index is 12.6. The highest BCUT2D eigenvalue weighted by molar-refractivity contribution is 5.93. The third-order valence-electron chi connectivity index (χ3n) is 10.3. The molecular formula is C45H45N3O4. The Hall–Kier alpha value is -5.18. The molecule has 5 atom stereocenters. The van der Waals surface area contributed by atoms with Gasteiger partial charge in [-0.25, -0.2) is 0 Å². The minimum Gasteiger partial charge on any atom is -0.392 e. The molecule has 0 saturated carbocycles. The normalized spacial score (nSPS) is 19.4. The van der Waals surface area contributed by atoms with Crippen molar-refractivity contribution in [2.75, 3.05) is 13.6 Å². The number of aliphatic hydroxyl groups excluding tert-OH is 1. The van der Waals surface area contributed by atoms with Gasteiger partial charge in [0.1, 0.15) is 0 Å². The Balaban J connectivity index is 1.12. The number of rotatable bonds is 11. The van der Waals surface area contributed by atoms with Crippen molar-refractivity contribution in [2.45, 2.75) is 51.5 Å². The number of hydrogen-bond acceptors (Lipinski definition) is 6. The number of carbonyl (C=O) groups excluding carboxylic acids is 1. The highest BCUT2D eigenvalue weighted by Crippen LogP contribution is 2.43. The molecule has 2 N–H and O–H groups in total. The Kier molecular flexibility index (Phi) is 10.8. The van der Waals surface area contributed by atoms with E-state index in [1.807, 2.05) is 30.3 Å². The summed E-state index contributed by atoms with van der Waals surface area (Å²) in [6.45, 7) is 5.57. The van der Waals surface area contributed by atoms with Crippen molar-refractivity contribution >= 4 is 16.7 Å². The third-order valence-corrected chi connectivity index (χ3v) is 10.3. The van der Waals surface area contributed by atoms with E-state index < -0.39 is 6.29 Å². The van der Waals surface area contributed by atoms with Crippen molar-refractivity contribution in [2.24, 2.45) is 5.92 Å². The number of carbonyl (C=O) groups is 1. The molecule has 5 unspecified atom stereocenters. The first-order valence-electron chi connectivity index (χ1n) is 17.9. The molecule has 264 valence electrons. The van der Waals surface area contributed by atoms with Crippen LogP contribution in [0.2, 0.25) is 0 Å². The SMILES string of the molecule is CC1C(CN(C)C(C)c2ccc3ccccc3c2)OC(c2cccc(-c3cccc(CNC(=O)c4cccnc4)c3)c2)OC1c1ccc(CO)cc1. The molecule has 0 aliphatic carbocycles. The average molecular weight is 692 g/mol. The second kappa shape index (κ2) is 16.0. The van der Waals surface area contributed by atoms with E-state index in [1.54, 1.807) is 24.5 Å². The smallest absolute Gasteiger partial charge is 0.253 e. The molecule has 0 radical (unpaired) electrons. The predicted molar refractivity (Wildman–Crippen MR) is 205 cm³/mol. The molecule has 7 heteroatoms. The lowest BCUT2D eigenvalue weighted by Crippen LogP contribution is -2.44. The lowest BCUT2D eigenvalue weighted by Gasteiger charge is -2.43. The van der Waals surface area contributed by atoms with Crippen molar-refractivity contribution in [3.8, 4) is 11.1 Å². The highest BCUT2D eigenvalue weighted by Gasteiger charge is 2.39. The molecule has 1 aliphatic rings. The fourth-order valence-electron chi connectivity index (χ4n) is 7.00. The number of aliphatic hydroxyl groups is 1. The van der Waals surface area contributed by atoms with Crippen LogP contribution in [-0.2, 0) is 22.6 Å². The summed E-state index contributed by atoms with van der Waals surface area (Å²) < 4.78 is 13.7. The van der Waals surface area contributed by atoms with Crippen LogP contribution < -0.4 is 5.32 Å². The van der Waals surface area contributed by atoms with Crippen LogP contribution in [0.5, 0.6) is 0 Å². The first-order chi connectivity index (χ1) is 25.4. The Bertz CT molecular complexity index is 2120. The molecule has 52 heavy (non-hydrogen) atoms. The Labute approximate surface area is 305 Å². The lowest BCUT2D eigenvalue weighted by atomic mass is 9.89. The Morgan fingerprint density at radius 3 is 2.35 bits per heavy atom. The van der Waals surface area contributed by atoms with Crippen LogP contribution in [-0.4, -0.2) is 40.6 Å². The number of nitrogens with one attached hydrogen (secondary N) is 1. The monoisotopic (exact) mass is 691 g/mol. The number of likely N-dealkylation sites (N-methyl/N-ethyl adjacent to an activating group) is 1. The van der Waals surface area contributed by atoms with Gasteiger partial charge in [0, 0.05) is 43.0 Å². The summed E-state index contributed by atoms with van der Waals surface area (Å²) in [5, 5.41) is 15.2. The number of nitrogens with zero attached hydrogens (tertiary/aromatic N) is 2. The van der Waals surface area contributed by atoms with Crippen molar-refractivity contribution in [1.82, 2.24) is 15.2 Å². The van der Waals surface area contributed by atoms with E-state index in [1.165, 1.54) is 16.3 Å². The van der Waals surface area contributed by atoms with Gasteiger partial charge in [-0.05, 0) is 88.5 Å². The summed E-state index contributed by atoms with van der Waals surface area (Å²) in [7, 11) is 2.16. The minimum absolute atomic E-state index is 0.00194. The molecule has 0 spiro atoms. The second-order valence-electron chi connectivity index (χ2n) is 13.8. The summed E-state index contributed by atoms with van der Waals surface area (Å²) in [6, 6.07) is 43.4. The van der Waals surface area contributed by atoms with Crippen molar-refractivity contribution < 1.29 is 19.4 Å². The number of aromatic nitrogens is 1. The predicted octanol–water partition coefficient (Wildman–Crippen LogP) is 8.81. The van der Waals surface area contributed by atoms with Crippen LogP contribution in [0.4, 0.5) is 0 Å². The largest absolute Gasteiger partial charge is 0.392 e. The molecule has 1 amide bonds. The fourth-order valence-corrected chi connectivity index (χ4v) is 7.00. The molecule has 1 fully saturated rings. The Morgan fingerprint density at radius 1 is 0.808 bits per heavy atom. The number of hydrogen-bond donors (Lipinski definition) is 2. The number of pyridine rings is 1. The van der Waals surface area contributed by atoms with Gasteiger partial charge < -0.3 is 19.9 Å². The van der Waals surface area contributed by atoms with E-state index in [-0.39, 0.29) is 36.7 Å². The molecule has 7 rings (SSSR count). The summed E-state index contributed by atoms with van der Waals surface area (Å²) in [5.74, 6) is -0.0991. The fraction of sp³-hybridized carbons (Fsp3) is 0.244. The van der Waals surface area contributed by atoms with E-state index in [2.05, 4.69) is 121 Å². The first kappa shape index (κ1) is 35.2. The molecule has 1 aromatic heterocycles. The zero-order valence-electron chi connectivity index (χ0n) is 29.9. The summed E-state index contributed by atoms with van der Waals surface area (Å²) >= 11 is 0. The zero-order chi connectivity index (χ0) is 36.0. The van der Waals surface area contributed by atoms with Crippen molar-refractivity contribution in [3.05, 3.63) is 173 Å². The maximum atomic E-state index is 12.6. The van der Waals surface area contributed by atoms with Gasteiger partial charge in [-0.3, -0.25) is 14.7 Å². The topological polar surface area (TPSA) is 83.9 Å². The van der Waals surface area contributed by atoms with E-state index in [4.69, 9.17) is 9.47 Å². The van der Waals surface area contributed by atoms with E-state index in [0.29, 0.717) is 18.7 Å². The van der Waals surface area contributed by atoms with Crippen LogP contribution in [0.25, 0.3) is 21.9 Å². The van der Waals surface area contributed by atoms with Crippen LogP contribution >= 0.6 is 0 Å². The molecule has 1 aliphatic heterocycles. The van der Waals surface area contributed by atoms with Gasteiger partial charge in [-0.1, -0.05) is 104 Å². The highest BCUT2D eigenvalue weighted by atomic mass is 16.7. The van der Waals surface area contributed by atoms with Gasteiger partial charge >= 0.3 is 0 Å². The molecule has 6 aromatic rings. The molecule has 1 saturated heterocycles. The van der Waals surface area contributed by atoms with Gasteiger partial charge in [-0.15, -0.1) is 0 Å². The molecule has 0 bridgehead atoms. The van der Waals surface area contributed by atoms with E-state index in [0.717, 1.165) is 33.4 Å². The quantitative estimate of drug-likeness (QED) is 0.141. The van der Waals surface area contributed by atoms with E-state index >= 15 is 0 Å². The van der Waals surface area contributed by atoms with E-state index in [9.17, 15) is 9.90 Å². The average Bonchev–Trinajstić information content (AvgIpc) is 3.20. The number of fused-ring (bicyclic) bond motifs is 1. The van der Waals surface area contributed by atoms with Crippen molar-refractivity contribution in [1.29, 1.82) is 0 Å². The molecule has 5 aromatic carbocycles. The van der Waals surface area contributed by atoms with Gasteiger partial charge in [0.05, 0.1) is 24.4 Å². The van der Waals surface area contributed by atoms with Gasteiger partial charge in [-0.2, -0.15) is 0 Å². The van der Waals surface area contributed by atoms with Crippen LogP contribution in [0.3, 0.4) is 0 Å². The van der Waals surface area contributed by atoms with Crippen LogP contribution in [0, 0.1) is 5.92 Å². The molecule has 7 nitrogen and oxygen atoms in total. The summed E-state index contributed by atoms with van der Waals surface area (Å²) in [6.07, 6.45) is 2.30. The molecule has 2 heterocycles. The summed E-state index contributed by atoms with van der Waals surface area (Å²) in [4.78, 5) is 19.1. The zero-order valence-corrected chi connectivity index (χ0v) is 29.9.